The summed E-state index contributed by atoms with van der Waals surface area (Å²) in [6.07, 6.45) is 3.42. The minimum absolute atomic E-state index is 0.180. The average Bonchev–Trinajstić information content (AvgIpc) is 2.50. The summed E-state index contributed by atoms with van der Waals surface area (Å²) < 4.78 is 1.77. The van der Waals surface area contributed by atoms with Gasteiger partial charge < -0.3 is 0 Å². The number of amides is 1. The SMILES string of the molecule is CC1CCC(=O)N(C)c2c1cnn2C. The molecule has 0 N–H and O–H groups in total. The molecule has 1 aliphatic heterocycles. The van der Waals surface area contributed by atoms with Crippen LogP contribution >= 0.6 is 0 Å². The van der Waals surface area contributed by atoms with Crippen LogP contribution in [0.1, 0.15) is 31.2 Å². The Bertz CT molecular complexity index is 369. The predicted octanol–water partition coefficient (Wildman–Crippen LogP) is 1.28. The first kappa shape index (κ1) is 9.24. The molecule has 0 saturated carbocycles. The van der Waals surface area contributed by atoms with Gasteiger partial charge in [-0.15, -0.1) is 0 Å². The molecular weight excluding hydrogens is 178 g/mol. The molecule has 1 unspecified atom stereocenters. The largest absolute Gasteiger partial charge is 0.300 e. The minimum Gasteiger partial charge on any atom is -0.300 e. The zero-order valence-electron chi connectivity index (χ0n) is 8.82. The number of aromatic nitrogens is 2. The van der Waals surface area contributed by atoms with E-state index in [1.165, 1.54) is 5.56 Å². The quantitative estimate of drug-likeness (QED) is 0.622. The van der Waals surface area contributed by atoms with Crippen LogP contribution in [-0.4, -0.2) is 22.7 Å². The van der Waals surface area contributed by atoms with Gasteiger partial charge in [-0.1, -0.05) is 6.92 Å². The molecule has 14 heavy (non-hydrogen) atoms. The van der Waals surface area contributed by atoms with Gasteiger partial charge in [-0.25, -0.2) is 0 Å². The van der Waals surface area contributed by atoms with Crippen molar-refractivity contribution in [2.75, 3.05) is 11.9 Å². The molecule has 1 atom stereocenters. The molecule has 0 radical (unpaired) electrons. The average molecular weight is 193 g/mol. The molecule has 0 bridgehead atoms. The van der Waals surface area contributed by atoms with Crippen LogP contribution in [0.3, 0.4) is 0 Å². The van der Waals surface area contributed by atoms with E-state index in [0.717, 1.165) is 12.2 Å². The Morgan fingerprint density at radius 2 is 2.21 bits per heavy atom. The lowest BCUT2D eigenvalue weighted by atomic mass is 10.00. The number of nitrogens with zero attached hydrogens (tertiary/aromatic N) is 3. The van der Waals surface area contributed by atoms with E-state index >= 15 is 0 Å². The maximum Gasteiger partial charge on any atom is 0.227 e. The molecule has 1 aromatic rings. The molecule has 2 heterocycles. The lowest BCUT2D eigenvalue weighted by Gasteiger charge is -2.16. The number of rotatable bonds is 0. The highest BCUT2D eigenvalue weighted by Gasteiger charge is 2.26. The van der Waals surface area contributed by atoms with E-state index in [0.29, 0.717) is 12.3 Å². The maximum atomic E-state index is 11.7. The van der Waals surface area contributed by atoms with Crippen LogP contribution < -0.4 is 4.90 Å². The predicted molar refractivity (Wildman–Crippen MR) is 54.3 cm³/mol. The summed E-state index contributed by atoms with van der Waals surface area (Å²) in [5, 5.41) is 4.20. The Morgan fingerprint density at radius 1 is 1.50 bits per heavy atom. The third-order valence-electron chi connectivity index (χ3n) is 2.95. The summed E-state index contributed by atoms with van der Waals surface area (Å²) in [6.45, 7) is 2.15. The number of fused-ring (bicyclic) bond motifs is 1. The van der Waals surface area contributed by atoms with Crippen molar-refractivity contribution in [1.29, 1.82) is 0 Å². The number of carbonyl (C=O) groups is 1. The molecular formula is C10H15N3O. The second kappa shape index (κ2) is 3.12. The van der Waals surface area contributed by atoms with Crippen molar-refractivity contribution >= 4 is 11.7 Å². The van der Waals surface area contributed by atoms with E-state index in [2.05, 4.69) is 12.0 Å². The van der Waals surface area contributed by atoms with Crippen molar-refractivity contribution < 1.29 is 4.79 Å². The topological polar surface area (TPSA) is 38.1 Å². The monoisotopic (exact) mass is 193 g/mol. The smallest absolute Gasteiger partial charge is 0.227 e. The maximum absolute atomic E-state index is 11.7. The Kier molecular flexibility index (Phi) is 2.06. The van der Waals surface area contributed by atoms with Crippen molar-refractivity contribution in [2.45, 2.75) is 25.7 Å². The highest BCUT2D eigenvalue weighted by molar-refractivity contribution is 5.93. The Labute approximate surface area is 83.5 Å². The third-order valence-corrected chi connectivity index (χ3v) is 2.95. The summed E-state index contributed by atoms with van der Waals surface area (Å²) >= 11 is 0. The van der Waals surface area contributed by atoms with E-state index < -0.39 is 0 Å². The van der Waals surface area contributed by atoms with E-state index in [-0.39, 0.29) is 5.91 Å². The number of hydrogen-bond acceptors (Lipinski definition) is 2. The van der Waals surface area contributed by atoms with E-state index in [4.69, 9.17) is 0 Å². The van der Waals surface area contributed by atoms with Crippen LogP contribution in [0.5, 0.6) is 0 Å². The van der Waals surface area contributed by atoms with E-state index in [1.54, 1.807) is 9.58 Å². The van der Waals surface area contributed by atoms with Gasteiger partial charge in [0.2, 0.25) is 5.91 Å². The molecule has 0 fully saturated rings. The molecule has 0 aliphatic carbocycles. The Balaban J connectivity index is 2.54. The van der Waals surface area contributed by atoms with Gasteiger partial charge in [0, 0.05) is 26.1 Å². The van der Waals surface area contributed by atoms with Crippen LogP contribution in [-0.2, 0) is 11.8 Å². The Hall–Kier alpha value is -1.32. The van der Waals surface area contributed by atoms with Crippen LogP contribution in [0, 0.1) is 0 Å². The van der Waals surface area contributed by atoms with Crippen LogP contribution in [0.2, 0.25) is 0 Å². The van der Waals surface area contributed by atoms with Gasteiger partial charge in [0.15, 0.2) is 0 Å². The Morgan fingerprint density at radius 3 is 2.93 bits per heavy atom. The molecule has 1 amide bonds. The summed E-state index contributed by atoms with van der Waals surface area (Å²) in [5.74, 6) is 1.55. The zero-order chi connectivity index (χ0) is 10.3. The molecule has 4 nitrogen and oxygen atoms in total. The lowest BCUT2D eigenvalue weighted by molar-refractivity contribution is -0.118. The van der Waals surface area contributed by atoms with Gasteiger partial charge in [0.05, 0.1) is 6.20 Å². The van der Waals surface area contributed by atoms with Crippen molar-refractivity contribution in [3.8, 4) is 0 Å². The number of aryl methyl sites for hydroxylation is 1. The van der Waals surface area contributed by atoms with E-state index in [1.807, 2.05) is 20.3 Å². The van der Waals surface area contributed by atoms with Crippen molar-refractivity contribution in [3.63, 3.8) is 0 Å². The summed E-state index contributed by atoms with van der Waals surface area (Å²) in [4.78, 5) is 13.4. The first-order chi connectivity index (χ1) is 6.61. The molecule has 0 spiro atoms. The van der Waals surface area contributed by atoms with Gasteiger partial charge in [0.1, 0.15) is 5.82 Å². The highest BCUT2D eigenvalue weighted by Crippen LogP contribution is 2.32. The van der Waals surface area contributed by atoms with Crippen molar-refractivity contribution in [1.82, 2.24) is 9.78 Å². The van der Waals surface area contributed by atoms with Crippen LogP contribution in [0.15, 0.2) is 6.20 Å². The molecule has 1 aromatic heterocycles. The van der Waals surface area contributed by atoms with Crippen LogP contribution in [0.25, 0.3) is 0 Å². The standard InChI is InChI=1S/C10H15N3O/c1-7-4-5-9(14)12(2)10-8(7)6-11-13(10)3/h6-7H,4-5H2,1-3H3. The third kappa shape index (κ3) is 1.22. The number of carbonyl (C=O) groups excluding carboxylic acids is 1. The van der Waals surface area contributed by atoms with Crippen molar-refractivity contribution in [3.05, 3.63) is 11.8 Å². The first-order valence-electron chi connectivity index (χ1n) is 4.89. The number of hydrogen-bond donors (Lipinski definition) is 0. The van der Waals surface area contributed by atoms with Gasteiger partial charge in [-0.2, -0.15) is 5.10 Å². The van der Waals surface area contributed by atoms with Gasteiger partial charge >= 0.3 is 0 Å². The summed E-state index contributed by atoms with van der Waals surface area (Å²) in [6, 6.07) is 0. The second-order valence-electron chi connectivity index (χ2n) is 3.94. The fourth-order valence-electron chi connectivity index (χ4n) is 1.99. The molecule has 0 aromatic carbocycles. The second-order valence-corrected chi connectivity index (χ2v) is 3.94. The molecule has 4 heteroatoms. The van der Waals surface area contributed by atoms with Gasteiger partial charge in [-0.05, 0) is 12.3 Å². The number of anilines is 1. The fraction of sp³-hybridized carbons (Fsp3) is 0.600. The molecule has 2 rings (SSSR count). The highest BCUT2D eigenvalue weighted by atomic mass is 16.2. The normalized spacial score (nSPS) is 22.1. The minimum atomic E-state index is 0.180. The molecule has 0 saturated heterocycles. The van der Waals surface area contributed by atoms with Gasteiger partial charge in [0.25, 0.3) is 0 Å². The summed E-state index contributed by atoms with van der Waals surface area (Å²) in [5.41, 5.74) is 1.18. The summed E-state index contributed by atoms with van der Waals surface area (Å²) in [7, 11) is 3.70. The molecule has 1 aliphatic rings. The van der Waals surface area contributed by atoms with Gasteiger partial charge in [-0.3, -0.25) is 14.4 Å². The fourth-order valence-corrected chi connectivity index (χ4v) is 1.99. The van der Waals surface area contributed by atoms with Crippen LogP contribution in [0.4, 0.5) is 5.82 Å². The van der Waals surface area contributed by atoms with Crippen molar-refractivity contribution in [2.24, 2.45) is 7.05 Å². The van der Waals surface area contributed by atoms with E-state index in [9.17, 15) is 4.79 Å². The molecule has 76 valence electrons. The zero-order valence-corrected chi connectivity index (χ0v) is 8.82. The lowest BCUT2D eigenvalue weighted by Crippen LogP contribution is -2.27. The first-order valence-corrected chi connectivity index (χ1v) is 4.89.